The third-order valence-corrected chi connectivity index (χ3v) is 12.1. The van der Waals surface area contributed by atoms with Crippen LogP contribution in [-0.4, -0.2) is 19.1 Å². The monoisotopic (exact) mass is 482 g/mol. The van der Waals surface area contributed by atoms with E-state index in [-0.39, 0.29) is 5.92 Å². The van der Waals surface area contributed by atoms with E-state index in [1.54, 1.807) is 0 Å². The van der Waals surface area contributed by atoms with Gasteiger partial charge in [0.2, 0.25) is 0 Å². The molecule has 0 saturated heterocycles. The predicted molar refractivity (Wildman–Crippen MR) is 134 cm³/mol. The van der Waals surface area contributed by atoms with Gasteiger partial charge in [-0.3, -0.25) is 4.55 Å². The van der Waals surface area contributed by atoms with E-state index in [9.17, 15) is 13.0 Å². The lowest BCUT2D eigenvalue weighted by molar-refractivity contribution is -0.120. The van der Waals surface area contributed by atoms with Crippen molar-refractivity contribution < 1.29 is 17.2 Å². The summed E-state index contributed by atoms with van der Waals surface area (Å²) in [5.41, 5.74) is 1.01. The highest BCUT2D eigenvalue weighted by Crippen LogP contribution is 2.68. The van der Waals surface area contributed by atoms with Gasteiger partial charge in [0.05, 0.1) is 6.10 Å². The molecule has 0 amide bonds. The van der Waals surface area contributed by atoms with Crippen molar-refractivity contribution in [2.45, 2.75) is 118 Å². The summed E-state index contributed by atoms with van der Waals surface area (Å²) in [6, 6.07) is 0. The van der Waals surface area contributed by atoms with Crippen LogP contribution in [0.25, 0.3) is 0 Å². The average molecular weight is 483 g/mol. The van der Waals surface area contributed by atoms with Crippen molar-refractivity contribution >= 4 is 10.4 Å². The molecule has 4 unspecified atom stereocenters. The maximum atomic E-state index is 11.3. The molecular weight excluding hydrogens is 432 g/mol. The largest absolute Gasteiger partial charge is 0.397 e. The molecule has 0 aliphatic heterocycles. The van der Waals surface area contributed by atoms with Crippen molar-refractivity contribution in [3.8, 4) is 0 Å². The summed E-state index contributed by atoms with van der Waals surface area (Å²) >= 11 is 0. The normalized spacial score (nSPS) is 45.2. The first-order valence-corrected chi connectivity index (χ1v) is 15.4. The molecule has 0 spiro atoms. The van der Waals surface area contributed by atoms with Crippen LogP contribution in [0.3, 0.4) is 0 Å². The summed E-state index contributed by atoms with van der Waals surface area (Å²) < 4.78 is 36.8. The molecule has 0 heterocycles. The minimum atomic E-state index is -4.40. The van der Waals surface area contributed by atoms with Crippen LogP contribution in [0, 0.1) is 58.2 Å². The highest BCUT2D eigenvalue weighted by Gasteiger charge is 2.60. The third-order valence-electron chi connectivity index (χ3n) is 11.6. The van der Waals surface area contributed by atoms with Crippen LogP contribution in [0.1, 0.15) is 112 Å². The van der Waals surface area contributed by atoms with Crippen LogP contribution in [0.2, 0.25) is 0 Å². The Hall–Kier alpha value is -0.130. The molecule has 5 heteroatoms. The Bertz CT molecular complexity index is 794. The molecule has 0 aromatic carbocycles. The first-order chi connectivity index (χ1) is 15.3. The number of hydrogen-bond acceptors (Lipinski definition) is 3. The van der Waals surface area contributed by atoms with Crippen molar-refractivity contribution in [3.05, 3.63) is 0 Å². The van der Waals surface area contributed by atoms with Gasteiger partial charge in [-0.15, -0.1) is 0 Å². The minimum Gasteiger partial charge on any atom is -0.264 e. The summed E-state index contributed by atoms with van der Waals surface area (Å²) in [5.74, 6) is 5.95. The van der Waals surface area contributed by atoms with Gasteiger partial charge in [-0.2, -0.15) is 8.42 Å². The van der Waals surface area contributed by atoms with Gasteiger partial charge in [0.15, 0.2) is 0 Å². The Balaban J connectivity index is 1.43. The number of rotatable bonds is 7. The van der Waals surface area contributed by atoms with Crippen LogP contribution in [0.5, 0.6) is 0 Å². The fourth-order valence-electron chi connectivity index (χ4n) is 9.72. The van der Waals surface area contributed by atoms with Gasteiger partial charge in [0.25, 0.3) is 0 Å². The highest BCUT2D eigenvalue weighted by atomic mass is 32.3. The second-order valence-electron chi connectivity index (χ2n) is 13.6. The Morgan fingerprint density at radius 2 is 1.58 bits per heavy atom. The molecule has 1 N–H and O–H groups in total. The lowest BCUT2D eigenvalue weighted by Crippen LogP contribution is -2.53. The number of hydrogen-bond donors (Lipinski definition) is 1. The lowest BCUT2D eigenvalue weighted by Gasteiger charge is -2.61. The third kappa shape index (κ3) is 4.94. The van der Waals surface area contributed by atoms with Crippen molar-refractivity contribution in [1.82, 2.24) is 0 Å². The molecular formula is C28H50O4S. The quantitative estimate of drug-likeness (QED) is 0.381. The first kappa shape index (κ1) is 25.9. The topological polar surface area (TPSA) is 63.6 Å². The van der Waals surface area contributed by atoms with E-state index in [0.717, 1.165) is 41.9 Å². The van der Waals surface area contributed by atoms with Crippen LogP contribution >= 0.6 is 0 Å². The van der Waals surface area contributed by atoms with Crippen LogP contribution in [-0.2, 0) is 14.6 Å². The molecule has 33 heavy (non-hydrogen) atoms. The molecule has 4 saturated carbocycles. The standard InChI is InChI=1S/C28H50O4S/c1-18(2)26(32-33(29,30)31)12-7-20(4)23-10-11-24-22-9-8-21-17-19(3)13-15-27(21,5)25(22)14-16-28(23,24)6/h18-26H,7-17H2,1-6H3,(H,29,30,31)/t19-,20?,21-,22?,23+,24?,25?,26+,27-,28+/m0/s1. The fourth-order valence-corrected chi connectivity index (χ4v) is 10.4. The molecule has 192 valence electrons. The Kier molecular flexibility index (Phi) is 7.38. The van der Waals surface area contributed by atoms with Gasteiger partial charge in [-0.1, -0.05) is 48.0 Å². The summed E-state index contributed by atoms with van der Waals surface area (Å²) in [6.07, 6.45) is 14.0. The lowest BCUT2D eigenvalue weighted by atomic mass is 9.44. The molecule has 4 aliphatic carbocycles. The summed E-state index contributed by atoms with van der Waals surface area (Å²) in [4.78, 5) is 0. The Labute approximate surface area is 204 Å². The molecule has 0 bridgehead atoms. The van der Waals surface area contributed by atoms with Crippen molar-refractivity contribution in [1.29, 1.82) is 0 Å². The van der Waals surface area contributed by atoms with Gasteiger partial charge < -0.3 is 0 Å². The molecule has 0 aromatic heterocycles. The Morgan fingerprint density at radius 1 is 0.909 bits per heavy atom. The van der Waals surface area contributed by atoms with Gasteiger partial charge in [0, 0.05) is 0 Å². The first-order valence-electron chi connectivity index (χ1n) is 14.0. The van der Waals surface area contributed by atoms with Crippen molar-refractivity contribution in [2.24, 2.45) is 58.2 Å². The van der Waals surface area contributed by atoms with Gasteiger partial charge in [-0.25, -0.2) is 4.18 Å². The van der Waals surface area contributed by atoms with Crippen LogP contribution in [0.15, 0.2) is 0 Å². The van der Waals surface area contributed by atoms with E-state index in [0.29, 0.717) is 23.2 Å². The van der Waals surface area contributed by atoms with Crippen molar-refractivity contribution in [3.63, 3.8) is 0 Å². The van der Waals surface area contributed by atoms with Crippen LogP contribution < -0.4 is 0 Å². The molecule has 4 nitrogen and oxygen atoms in total. The van der Waals surface area contributed by atoms with E-state index < -0.39 is 16.5 Å². The van der Waals surface area contributed by atoms with E-state index in [4.69, 9.17) is 4.18 Å². The zero-order chi connectivity index (χ0) is 24.2. The number of fused-ring (bicyclic) bond motifs is 5. The van der Waals surface area contributed by atoms with E-state index in [2.05, 4.69) is 27.7 Å². The molecule has 4 fully saturated rings. The summed E-state index contributed by atoms with van der Waals surface area (Å²) in [7, 11) is -4.40. The molecule has 4 aliphatic rings. The van der Waals surface area contributed by atoms with E-state index in [1.165, 1.54) is 57.8 Å². The smallest absolute Gasteiger partial charge is 0.264 e. The SMILES string of the molecule is CC(CC[C@@H](OS(=O)(=O)O)C(C)C)[C@H]1CCC2C3CC[C@H]4C[C@@H](C)CC[C@]4(C)C3CC[C@@]21C. The maximum Gasteiger partial charge on any atom is 0.397 e. The van der Waals surface area contributed by atoms with Gasteiger partial charge in [0.1, 0.15) is 0 Å². The second kappa shape index (κ2) is 9.39. The minimum absolute atomic E-state index is 0.0654. The summed E-state index contributed by atoms with van der Waals surface area (Å²) in [5, 5.41) is 0. The second-order valence-corrected chi connectivity index (χ2v) is 14.7. The highest BCUT2D eigenvalue weighted by molar-refractivity contribution is 7.80. The fraction of sp³-hybridized carbons (Fsp3) is 1.00. The van der Waals surface area contributed by atoms with Gasteiger partial charge in [-0.05, 0) is 122 Å². The summed E-state index contributed by atoms with van der Waals surface area (Å²) in [6.45, 7) is 14.1. The zero-order valence-corrected chi connectivity index (χ0v) is 22.9. The predicted octanol–water partition coefficient (Wildman–Crippen LogP) is 7.54. The van der Waals surface area contributed by atoms with Crippen molar-refractivity contribution in [2.75, 3.05) is 0 Å². The average Bonchev–Trinajstić information content (AvgIpc) is 3.07. The molecule has 4 rings (SSSR count). The van der Waals surface area contributed by atoms with E-state index >= 15 is 0 Å². The zero-order valence-electron chi connectivity index (χ0n) is 22.1. The molecule has 0 radical (unpaired) electrons. The molecule has 10 atom stereocenters. The molecule has 0 aromatic rings. The van der Waals surface area contributed by atoms with E-state index in [1.807, 2.05) is 13.8 Å². The Morgan fingerprint density at radius 3 is 2.24 bits per heavy atom. The maximum absolute atomic E-state index is 11.3. The van der Waals surface area contributed by atoms with Gasteiger partial charge >= 0.3 is 10.4 Å². The van der Waals surface area contributed by atoms with Crippen LogP contribution in [0.4, 0.5) is 0 Å².